The van der Waals surface area contributed by atoms with Crippen molar-refractivity contribution in [2.75, 3.05) is 0 Å². The number of aliphatic hydroxyl groups excluding tert-OH is 2. The number of amides is 2. The molecule has 2 heterocycles. The Morgan fingerprint density at radius 3 is 2.33 bits per heavy atom. The number of aliphatic hydroxyl groups is 2. The lowest BCUT2D eigenvalue weighted by Gasteiger charge is -2.23. The van der Waals surface area contributed by atoms with Crippen LogP contribution in [-0.4, -0.2) is 48.9 Å². The summed E-state index contributed by atoms with van der Waals surface area (Å²) >= 11 is 6.20. The number of nitrogens with zero attached hydrogens (tertiary/aromatic N) is 3. The summed E-state index contributed by atoms with van der Waals surface area (Å²) in [7, 11) is 0. The normalized spacial score (nSPS) is 15.6. The first-order chi connectivity index (χ1) is 15.8. The summed E-state index contributed by atoms with van der Waals surface area (Å²) in [4.78, 5) is 26.6. The summed E-state index contributed by atoms with van der Waals surface area (Å²) in [6.45, 7) is 2.84. The Hall–Kier alpha value is -3.20. The van der Waals surface area contributed by atoms with Gasteiger partial charge in [-0.15, -0.1) is 0 Å². The van der Waals surface area contributed by atoms with E-state index < -0.39 is 30.1 Å². The minimum absolute atomic E-state index is 0.333. The van der Waals surface area contributed by atoms with Crippen molar-refractivity contribution in [3.05, 3.63) is 88.2 Å². The van der Waals surface area contributed by atoms with Gasteiger partial charge in [0, 0.05) is 24.3 Å². The van der Waals surface area contributed by atoms with E-state index in [0.717, 1.165) is 16.7 Å². The summed E-state index contributed by atoms with van der Waals surface area (Å²) in [5.74, 6) is -1.54. The second-order valence-corrected chi connectivity index (χ2v) is 8.52. The molecule has 9 heteroatoms. The lowest BCUT2D eigenvalue weighted by atomic mass is 10.1. The third kappa shape index (κ3) is 5.08. The molecule has 0 saturated carbocycles. The Morgan fingerprint density at radius 1 is 1.03 bits per heavy atom. The van der Waals surface area contributed by atoms with Crippen LogP contribution in [0.15, 0.2) is 60.8 Å². The molecule has 3 aromatic rings. The standard InChI is InChI=1S/C24H25ClN4O4/c1-15(20-10-11-29(27-20)14-18-8-4-5-9-19(18)25)26-23(32)21(30)22(31)24(33)28-12-16-6-2-3-7-17(16)13-28/h2-11,15,21-22,30-31H,12-14H2,1H3,(H,26,32)/t15-,21-,22-/m1/s1. The Bertz CT molecular complexity index is 1140. The first kappa shape index (κ1) is 23.0. The molecule has 0 radical (unpaired) electrons. The third-order valence-electron chi connectivity index (χ3n) is 5.73. The predicted octanol–water partition coefficient (Wildman–Crippen LogP) is 2.03. The molecule has 4 rings (SSSR count). The van der Waals surface area contributed by atoms with Crippen LogP contribution in [0.25, 0.3) is 0 Å². The maximum Gasteiger partial charge on any atom is 0.255 e. The monoisotopic (exact) mass is 468 g/mol. The van der Waals surface area contributed by atoms with Crippen molar-refractivity contribution in [1.29, 1.82) is 0 Å². The summed E-state index contributed by atoms with van der Waals surface area (Å²) in [6, 6.07) is 16.2. The number of halogens is 1. The second-order valence-electron chi connectivity index (χ2n) is 8.11. The molecule has 3 atom stereocenters. The fourth-order valence-corrected chi connectivity index (χ4v) is 4.02. The van der Waals surface area contributed by atoms with E-state index in [1.54, 1.807) is 29.9 Å². The van der Waals surface area contributed by atoms with E-state index in [9.17, 15) is 19.8 Å². The SMILES string of the molecule is C[C@@H](NC(=O)[C@H](O)[C@@H](O)C(=O)N1Cc2ccccc2C1)c1ccn(Cc2ccccc2Cl)n1. The molecule has 0 spiro atoms. The first-order valence-corrected chi connectivity index (χ1v) is 11.0. The van der Waals surface area contributed by atoms with Crippen LogP contribution in [0.4, 0.5) is 0 Å². The van der Waals surface area contributed by atoms with Gasteiger partial charge in [0.15, 0.2) is 12.2 Å². The minimum atomic E-state index is -1.89. The quantitative estimate of drug-likeness (QED) is 0.491. The van der Waals surface area contributed by atoms with Crippen molar-refractivity contribution >= 4 is 23.4 Å². The number of rotatable bonds is 7. The van der Waals surface area contributed by atoms with Crippen molar-refractivity contribution < 1.29 is 19.8 Å². The first-order valence-electron chi connectivity index (χ1n) is 10.6. The largest absolute Gasteiger partial charge is 0.380 e. The van der Waals surface area contributed by atoms with E-state index >= 15 is 0 Å². The highest BCUT2D eigenvalue weighted by Gasteiger charge is 2.36. The van der Waals surface area contributed by atoms with Gasteiger partial charge in [-0.05, 0) is 35.7 Å². The molecule has 0 bridgehead atoms. The van der Waals surface area contributed by atoms with Gasteiger partial charge in [-0.25, -0.2) is 0 Å². The Kier molecular flexibility index (Phi) is 6.78. The van der Waals surface area contributed by atoms with Gasteiger partial charge in [0.25, 0.3) is 11.8 Å². The molecule has 1 aromatic heterocycles. The van der Waals surface area contributed by atoms with Crippen molar-refractivity contribution in [2.24, 2.45) is 0 Å². The average molecular weight is 469 g/mol. The van der Waals surface area contributed by atoms with Crippen LogP contribution in [0.1, 0.15) is 35.3 Å². The lowest BCUT2D eigenvalue weighted by molar-refractivity contribution is -0.153. The number of aromatic nitrogens is 2. The molecule has 1 aliphatic rings. The van der Waals surface area contributed by atoms with E-state index in [4.69, 9.17) is 11.6 Å². The zero-order valence-electron chi connectivity index (χ0n) is 18.1. The molecular formula is C24H25ClN4O4. The Morgan fingerprint density at radius 2 is 1.67 bits per heavy atom. The number of carbonyl (C=O) groups is 2. The molecule has 33 heavy (non-hydrogen) atoms. The zero-order valence-corrected chi connectivity index (χ0v) is 18.8. The minimum Gasteiger partial charge on any atom is -0.380 e. The van der Waals surface area contributed by atoms with Crippen LogP contribution in [0.3, 0.4) is 0 Å². The molecule has 0 unspecified atom stereocenters. The molecule has 2 amide bonds. The highest BCUT2D eigenvalue weighted by Crippen LogP contribution is 2.23. The second kappa shape index (κ2) is 9.74. The van der Waals surface area contributed by atoms with Crippen molar-refractivity contribution in [3.63, 3.8) is 0 Å². The van der Waals surface area contributed by atoms with Gasteiger partial charge in [0.2, 0.25) is 0 Å². The molecule has 0 saturated heterocycles. The molecule has 2 aromatic carbocycles. The number of nitrogens with one attached hydrogen (secondary N) is 1. The third-order valence-corrected chi connectivity index (χ3v) is 6.10. The maximum atomic E-state index is 12.6. The fraction of sp³-hybridized carbons (Fsp3) is 0.292. The van der Waals surface area contributed by atoms with E-state index in [2.05, 4.69) is 10.4 Å². The molecule has 8 nitrogen and oxygen atoms in total. The van der Waals surface area contributed by atoms with E-state index in [-0.39, 0.29) is 0 Å². The van der Waals surface area contributed by atoms with Crippen LogP contribution in [0.2, 0.25) is 5.02 Å². The number of benzene rings is 2. The van der Waals surface area contributed by atoms with Crippen LogP contribution in [-0.2, 0) is 29.2 Å². The van der Waals surface area contributed by atoms with Gasteiger partial charge in [0.1, 0.15) is 0 Å². The van der Waals surface area contributed by atoms with Gasteiger partial charge in [-0.2, -0.15) is 5.10 Å². The predicted molar refractivity (Wildman–Crippen MR) is 122 cm³/mol. The molecule has 3 N–H and O–H groups in total. The Labute approximate surface area is 196 Å². The van der Waals surface area contributed by atoms with Gasteiger partial charge in [-0.1, -0.05) is 54.1 Å². The van der Waals surface area contributed by atoms with Gasteiger partial charge in [0.05, 0.1) is 18.3 Å². The van der Waals surface area contributed by atoms with Gasteiger partial charge < -0.3 is 20.4 Å². The highest BCUT2D eigenvalue weighted by molar-refractivity contribution is 6.31. The number of carbonyl (C=O) groups excluding carboxylic acids is 2. The van der Waals surface area contributed by atoms with Crippen LogP contribution < -0.4 is 5.32 Å². The molecule has 1 aliphatic heterocycles. The van der Waals surface area contributed by atoms with Crippen molar-refractivity contribution in [3.8, 4) is 0 Å². The average Bonchev–Trinajstić information content (AvgIpc) is 3.46. The summed E-state index contributed by atoms with van der Waals surface area (Å²) in [6.07, 6.45) is -1.99. The highest BCUT2D eigenvalue weighted by atomic mass is 35.5. The number of fused-ring (bicyclic) bond motifs is 1. The van der Waals surface area contributed by atoms with E-state index in [1.165, 1.54) is 4.90 Å². The number of hydrogen-bond donors (Lipinski definition) is 3. The molecule has 0 fully saturated rings. The van der Waals surface area contributed by atoms with Gasteiger partial charge in [-0.3, -0.25) is 14.3 Å². The van der Waals surface area contributed by atoms with Gasteiger partial charge >= 0.3 is 0 Å². The van der Waals surface area contributed by atoms with Crippen molar-refractivity contribution in [2.45, 2.75) is 44.8 Å². The molecule has 0 aliphatic carbocycles. The zero-order chi connectivity index (χ0) is 23.5. The summed E-state index contributed by atoms with van der Waals surface area (Å²) in [5, 5.41) is 28.3. The van der Waals surface area contributed by atoms with Crippen LogP contribution >= 0.6 is 11.6 Å². The number of hydrogen-bond acceptors (Lipinski definition) is 5. The smallest absolute Gasteiger partial charge is 0.255 e. The van der Waals surface area contributed by atoms with Crippen molar-refractivity contribution in [1.82, 2.24) is 20.0 Å². The molecular weight excluding hydrogens is 444 g/mol. The topological polar surface area (TPSA) is 108 Å². The van der Waals surface area contributed by atoms with Crippen LogP contribution in [0, 0.1) is 0 Å². The van der Waals surface area contributed by atoms with E-state index in [0.29, 0.717) is 30.4 Å². The maximum absolute atomic E-state index is 12.6. The van der Waals surface area contributed by atoms with E-state index in [1.807, 2.05) is 42.5 Å². The summed E-state index contributed by atoms with van der Waals surface area (Å²) in [5.41, 5.74) is 3.45. The molecule has 172 valence electrons. The lowest BCUT2D eigenvalue weighted by Crippen LogP contribution is -2.50. The summed E-state index contributed by atoms with van der Waals surface area (Å²) < 4.78 is 1.69. The Balaban J connectivity index is 1.33. The van der Waals surface area contributed by atoms with Crippen LogP contribution in [0.5, 0.6) is 0 Å². The fourth-order valence-electron chi connectivity index (χ4n) is 3.82.